The number of nitrogens with one attached hydrogen (secondary N) is 1. The van der Waals surface area contributed by atoms with Crippen LogP contribution in [0.1, 0.15) is 30.8 Å². The van der Waals surface area contributed by atoms with Crippen molar-refractivity contribution in [3.63, 3.8) is 0 Å². The van der Waals surface area contributed by atoms with Crippen molar-refractivity contribution in [3.05, 3.63) is 29.2 Å². The summed E-state index contributed by atoms with van der Waals surface area (Å²) in [6.45, 7) is 5.61. The van der Waals surface area contributed by atoms with Gasteiger partial charge in [0.25, 0.3) is 5.91 Å². The average Bonchev–Trinajstić information content (AvgIpc) is 2.92. The van der Waals surface area contributed by atoms with Crippen molar-refractivity contribution in [1.82, 2.24) is 19.4 Å². The van der Waals surface area contributed by atoms with Gasteiger partial charge in [-0.1, -0.05) is 13.8 Å². The number of amides is 1. The van der Waals surface area contributed by atoms with Crippen LogP contribution in [0.2, 0.25) is 0 Å². The normalized spacial score (nSPS) is 19.7. The predicted molar refractivity (Wildman–Crippen MR) is 85.2 cm³/mol. The molecule has 1 aromatic rings. The fourth-order valence-corrected chi connectivity index (χ4v) is 3.54. The summed E-state index contributed by atoms with van der Waals surface area (Å²) >= 11 is 0. The summed E-state index contributed by atoms with van der Waals surface area (Å²) in [5.74, 6) is 0.286. The molecule has 0 unspecified atom stereocenters. The van der Waals surface area contributed by atoms with E-state index in [-0.39, 0.29) is 5.91 Å². The molecule has 23 heavy (non-hydrogen) atoms. The van der Waals surface area contributed by atoms with Crippen LogP contribution in [0.15, 0.2) is 27.9 Å². The third kappa shape index (κ3) is 3.29. The number of carbonyl (C=O) groups is 1. The van der Waals surface area contributed by atoms with Gasteiger partial charge in [-0.15, -0.1) is 0 Å². The van der Waals surface area contributed by atoms with Crippen LogP contribution >= 0.6 is 0 Å². The van der Waals surface area contributed by atoms with E-state index in [1.807, 2.05) is 0 Å². The minimum absolute atomic E-state index is 0.100. The van der Waals surface area contributed by atoms with Crippen LogP contribution in [0.4, 0.5) is 0 Å². The molecule has 0 bridgehead atoms. The van der Waals surface area contributed by atoms with Crippen molar-refractivity contribution in [2.75, 3.05) is 13.1 Å². The van der Waals surface area contributed by atoms with E-state index >= 15 is 0 Å². The lowest BCUT2D eigenvalue weighted by molar-refractivity contribution is 0.0752. The minimum Gasteiger partial charge on any atom is -0.332 e. The summed E-state index contributed by atoms with van der Waals surface area (Å²) in [6.07, 6.45) is 3.41. The van der Waals surface area contributed by atoms with Gasteiger partial charge in [-0.05, 0) is 12.0 Å². The zero-order valence-corrected chi connectivity index (χ0v) is 13.9. The second-order valence-corrected chi connectivity index (χ2v) is 7.45. The third-order valence-electron chi connectivity index (χ3n) is 3.74. The topological polar surface area (TPSA) is 96.7 Å². The monoisotopic (exact) mass is 337 g/mol. The summed E-state index contributed by atoms with van der Waals surface area (Å²) < 4.78 is 30.5. The summed E-state index contributed by atoms with van der Waals surface area (Å²) in [4.78, 5) is 14.4. The van der Waals surface area contributed by atoms with Crippen LogP contribution in [0.5, 0.6) is 0 Å². The lowest BCUT2D eigenvalue weighted by Gasteiger charge is -2.31. The molecule has 3 heterocycles. The Morgan fingerprint density at radius 3 is 2.96 bits per heavy atom. The molecule has 1 aromatic heterocycles. The molecule has 0 radical (unpaired) electrons. The van der Waals surface area contributed by atoms with Crippen LogP contribution in [0.25, 0.3) is 0 Å². The molecule has 1 N–H and O–H groups in total. The van der Waals surface area contributed by atoms with E-state index in [0.29, 0.717) is 43.4 Å². The van der Waals surface area contributed by atoms with E-state index in [1.54, 1.807) is 21.8 Å². The molecule has 0 aromatic carbocycles. The molecule has 9 heteroatoms. The molecule has 2 aliphatic heterocycles. The van der Waals surface area contributed by atoms with Gasteiger partial charge in [0.2, 0.25) is 0 Å². The maximum atomic E-state index is 12.7. The van der Waals surface area contributed by atoms with Gasteiger partial charge in [0.05, 0.1) is 0 Å². The van der Waals surface area contributed by atoms with Crippen molar-refractivity contribution in [2.24, 2.45) is 10.3 Å². The highest BCUT2D eigenvalue weighted by atomic mass is 32.2. The number of aromatic nitrogens is 2. The van der Waals surface area contributed by atoms with Crippen LogP contribution in [-0.4, -0.2) is 48.3 Å². The van der Waals surface area contributed by atoms with Gasteiger partial charge in [0.1, 0.15) is 5.69 Å². The van der Waals surface area contributed by atoms with Crippen molar-refractivity contribution >= 4 is 22.3 Å². The first kappa shape index (κ1) is 15.7. The van der Waals surface area contributed by atoms with Gasteiger partial charge in [-0.25, -0.2) is 0 Å². The first-order valence-corrected chi connectivity index (χ1v) is 8.91. The second kappa shape index (κ2) is 5.80. The predicted octanol–water partition coefficient (Wildman–Crippen LogP) is 0.558. The Labute approximate surface area is 135 Å². The Hall–Kier alpha value is -2.16. The molecule has 0 aliphatic carbocycles. The van der Waals surface area contributed by atoms with E-state index in [4.69, 9.17) is 0 Å². The summed E-state index contributed by atoms with van der Waals surface area (Å²) in [5.41, 5.74) is 1.91. The highest BCUT2D eigenvalue weighted by Gasteiger charge is 2.28. The fourth-order valence-electron chi connectivity index (χ4n) is 2.68. The first-order valence-electron chi connectivity index (χ1n) is 7.47. The summed E-state index contributed by atoms with van der Waals surface area (Å²) in [6, 6.07) is 1.71. The first-order chi connectivity index (χ1) is 10.9. The minimum atomic E-state index is -3.61. The van der Waals surface area contributed by atoms with Crippen LogP contribution in [0, 0.1) is 5.92 Å². The Morgan fingerprint density at radius 1 is 1.43 bits per heavy atom. The zero-order chi connectivity index (χ0) is 16.6. The van der Waals surface area contributed by atoms with Gasteiger partial charge in [0, 0.05) is 49.7 Å². The number of hydrogen-bond donors (Lipinski definition) is 1. The van der Waals surface area contributed by atoms with Crippen molar-refractivity contribution < 1.29 is 13.2 Å². The van der Waals surface area contributed by atoms with Gasteiger partial charge in [-0.3, -0.25) is 14.2 Å². The molecule has 1 amide bonds. The molecule has 2 aliphatic rings. The van der Waals surface area contributed by atoms with Crippen LogP contribution in [0.3, 0.4) is 0 Å². The standard InChI is InChI=1S/C14H19N5O3S/c1-10(2)8-19-13(3-5-15-19)14(20)18-6-4-12-11(9-18)7-16-23(21,22)17-12/h3,5,7,10,17H,4,6,8-9H2,1-2H3. The van der Waals surface area contributed by atoms with Crippen LogP contribution < -0.4 is 4.72 Å². The van der Waals surface area contributed by atoms with Crippen molar-refractivity contribution in [1.29, 1.82) is 0 Å². The SMILES string of the molecule is CC(C)Cn1nccc1C(=O)N1CCC2=C(C=NS(=O)(=O)N2)C1. The van der Waals surface area contributed by atoms with E-state index in [1.165, 1.54) is 6.21 Å². The van der Waals surface area contributed by atoms with Gasteiger partial charge >= 0.3 is 10.2 Å². The molecule has 124 valence electrons. The van der Waals surface area contributed by atoms with Gasteiger partial charge in [0.15, 0.2) is 0 Å². The zero-order valence-electron chi connectivity index (χ0n) is 13.1. The molecule has 0 spiro atoms. The molecule has 0 fully saturated rings. The highest BCUT2D eigenvalue weighted by Crippen LogP contribution is 2.20. The molecule has 0 saturated carbocycles. The Bertz CT molecular complexity index is 791. The van der Waals surface area contributed by atoms with E-state index in [9.17, 15) is 13.2 Å². The highest BCUT2D eigenvalue weighted by molar-refractivity contribution is 7.88. The second-order valence-electron chi connectivity index (χ2n) is 6.08. The number of nitrogens with zero attached hydrogens (tertiary/aromatic N) is 4. The maximum Gasteiger partial charge on any atom is 0.341 e. The lowest BCUT2D eigenvalue weighted by Crippen LogP contribution is -2.42. The lowest BCUT2D eigenvalue weighted by atomic mass is 10.1. The maximum absolute atomic E-state index is 12.7. The van der Waals surface area contributed by atoms with Crippen molar-refractivity contribution in [2.45, 2.75) is 26.8 Å². The van der Waals surface area contributed by atoms with E-state index in [2.05, 4.69) is 28.1 Å². The fraction of sp³-hybridized carbons (Fsp3) is 0.500. The summed E-state index contributed by atoms with van der Waals surface area (Å²) in [7, 11) is -3.61. The van der Waals surface area contributed by atoms with Crippen LogP contribution in [-0.2, 0) is 16.8 Å². The molecule has 8 nitrogen and oxygen atoms in total. The van der Waals surface area contributed by atoms with Gasteiger partial charge in [-0.2, -0.15) is 17.9 Å². The molecular formula is C14H19N5O3S. The Kier molecular flexibility index (Phi) is 3.97. The number of hydrogen-bond acceptors (Lipinski definition) is 4. The van der Waals surface area contributed by atoms with Crippen molar-refractivity contribution in [3.8, 4) is 0 Å². The smallest absolute Gasteiger partial charge is 0.332 e. The largest absolute Gasteiger partial charge is 0.341 e. The molecular weight excluding hydrogens is 318 g/mol. The quantitative estimate of drug-likeness (QED) is 0.871. The van der Waals surface area contributed by atoms with E-state index in [0.717, 1.165) is 5.57 Å². The molecule has 0 saturated heterocycles. The molecule has 3 rings (SSSR count). The Morgan fingerprint density at radius 2 is 2.22 bits per heavy atom. The third-order valence-corrected chi connectivity index (χ3v) is 4.63. The van der Waals surface area contributed by atoms with Gasteiger partial charge < -0.3 is 4.90 Å². The van der Waals surface area contributed by atoms with E-state index < -0.39 is 10.2 Å². The molecule has 0 atom stereocenters. The average molecular weight is 337 g/mol. The summed E-state index contributed by atoms with van der Waals surface area (Å²) in [5, 5.41) is 4.21. The number of carbonyl (C=O) groups excluding carboxylic acids is 1. The number of rotatable bonds is 3. The Balaban J connectivity index is 1.78.